The van der Waals surface area contributed by atoms with Crippen LogP contribution in [0.25, 0.3) is 0 Å². The van der Waals surface area contributed by atoms with Crippen molar-refractivity contribution in [2.24, 2.45) is 5.92 Å². The van der Waals surface area contributed by atoms with Crippen molar-refractivity contribution in [3.63, 3.8) is 0 Å². The van der Waals surface area contributed by atoms with Gasteiger partial charge in [-0.25, -0.2) is 0 Å². The minimum atomic E-state index is 0.236. The van der Waals surface area contributed by atoms with E-state index >= 15 is 0 Å². The summed E-state index contributed by atoms with van der Waals surface area (Å²) in [5, 5.41) is 0. The zero-order chi connectivity index (χ0) is 14.7. The first-order chi connectivity index (χ1) is 10.2. The molecular formula is C17H23NO3. The van der Waals surface area contributed by atoms with E-state index in [1.54, 1.807) is 0 Å². The van der Waals surface area contributed by atoms with Gasteiger partial charge in [0.05, 0.1) is 0 Å². The van der Waals surface area contributed by atoms with Crippen molar-refractivity contribution >= 4 is 5.91 Å². The van der Waals surface area contributed by atoms with E-state index in [4.69, 9.17) is 9.47 Å². The van der Waals surface area contributed by atoms with Crippen LogP contribution in [0.2, 0.25) is 0 Å². The van der Waals surface area contributed by atoms with Crippen LogP contribution in [0.1, 0.15) is 44.1 Å². The lowest BCUT2D eigenvalue weighted by atomic mass is 10.0. The molecule has 0 bridgehead atoms. The fourth-order valence-electron chi connectivity index (χ4n) is 3.22. The average molecular weight is 289 g/mol. The summed E-state index contributed by atoms with van der Waals surface area (Å²) in [5.74, 6) is 2.57. The number of carbonyl (C=O) groups excluding carboxylic acids is 1. The van der Waals surface area contributed by atoms with Gasteiger partial charge in [-0.15, -0.1) is 0 Å². The summed E-state index contributed by atoms with van der Waals surface area (Å²) >= 11 is 0. The Morgan fingerprint density at radius 2 is 2.00 bits per heavy atom. The summed E-state index contributed by atoms with van der Waals surface area (Å²) in [6, 6.07) is 5.87. The molecule has 1 aliphatic heterocycles. The molecule has 114 valence electrons. The lowest BCUT2D eigenvalue weighted by Gasteiger charge is -2.18. The van der Waals surface area contributed by atoms with Crippen molar-refractivity contribution in [3.8, 4) is 11.5 Å². The maximum Gasteiger partial charge on any atom is 0.231 e. The Balaban J connectivity index is 1.50. The summed E-state index contributed by atoms with van der Waals surface area (Å²) in [6.07, 6.45) is 7.01. The Morgan fingerprint density at radius 3 is 2.81 bits per heavy atom. The van der Waals surface area contributed by atoms with Gasteiger partial charge in [-0.3, -0.25) is 4.79 Å². The van der Waals surface area contributed by atoms with Crippen molar-refractivity contribution in [2.75, 3.05) is 13.8 Å². The minimum absolute atomic E-state index is 0.236. The van der Waals surface area contributed by atoms with Gasteiger partial charge in [0.15, 0.2) is 11.5 Å². The molecule has 2 aliphatic rings. The van der Waals surface area contributed by atoms with Gasteiger partial charge in [-0.05, 0) is 30.0 Å². The number of benzene rings is 1. The summed E-state index contributed by atoms with van der Waals surface area (Å²) in [5.41, 5.74) is 1.08. The second kappa shape index (κ2) is 6.37. The topological polar surface area (TPSA) is 38.8 Å². The highest BCUT2D eigenvalue weighted by molar-refractivity contribution is 5.75. The molecule has 0 spiro atoms. The minimum Gasteiger partial charge on any atom is -0.454 e. The molecule has 0 aromatic heterocycles. The molecule has 4 nitrogen and oxygen atoms in total. The third kappa shape index (κ3) is 3.49. The van der Waals surface area contributed by atoms with Gasteiger partial charge in [0, 0.05) is 20.0 Å². The van der Waals surface area contributed by atoms with Gasteiger partial charge in [-0.1, -0.05) is 31.7 Å². The van der Waals surface area contributed by atoms with Crippen molar-refractivity contribution < 1.29 is 14.3 Å². The molecule has 0 unspecified atom stereocenters. The largest absolute Gasteiger partial charge is 0.454 e. The van der Waals surface area contributed by atoms with E-state index in [-0.39, 0.29) is 12.7 Å². The van der Waals surface area contributed by atoms with Gasteiger partial charge in [-0.2, -0.15) is 0 Å². The molecule has 1 amide bonds. The number of ether oxygens (including phenoxy) is 2. The van der Waals surface area contributed by atoms with Gasteiger partial charge in [0.2, 0.25) is 12.7 Å². The third-order valence-electron chi connectivity index (χ3n) is 4.52. The van der Waals surface area contributed by atoms with E-state index < -0.39 is 0 Å². The molecule has 21 heavy (non-hydrogen) atoms. The Bertz CT molecular complexity index is 509. The number of hydrogen-bond donors (Lipinski definition) is 0. The van der Waals surface area contributed by atoms with Crippen LogP contribution in [0.3, 0.4) is 0 Å². The van der Waals surface area contributed by atoms with Crippen LogP contribution in [0.4, 0.5) is 0 Å². The number of fused-ring (bicyclic) bond motifs is 1. The quantitative estimate of drug-likeness (QED) is 0.834. The second-order valence-corrected chi connectivity index (χ2v) is 6.13. The van der Waals surface area contributed by atoms with Gasteiger partial charge >= 0.3 is 0 Å². The zero-order valence-corrected chi connectivity index (χ0v) is 12.6. The highest BCUT2D eigenvalue weighted by Crippen LogP contribution is 2.33. The Labute approximate surface area is 126 Å². The molecule has 0 N–H and O–H groups in total. The van der Waals surface area contributed by atoms with Gasteiger partial charge in [0.25, 0.3) is 0 Å². The van der Waals surface area contributed by atoms with Crippen molar-refractivity contribution in [1.29, 1.82) is 0 Å². The molecule has 1 aliphatic carbocycles. The van der Waals surface area contributed by atoms with Gasteiger partial charge < -0.3 is 14.4 Å². The predicted octanol–water partition coefficient (Wildman–Crippen LogP) is 3.34. The molecule has 0 radical (unpaired) electrons. The Hall–Kier alpha value is -1.71. The normalized spacial score (nSPS) is 17.2. The molecule has 1 fully saturated rings. The van der Waals surface area contributed by atoms with E-state index in [1.807, 2.05) is 30.1 Å². The fraction of sp³-hybridized carbons (Fsp3) is 0.588. The number of rotatable bonds is 5. The highest BCUT2D eigenvalue weighted by Gasteiger charge is 2.18. The van der Waals surface area contributed by atoms with E-state index in [9.17, 15) is 4.79 Å². The first-order valence-corrected chi connectivity index (χ1v) is 7.85. The van der Waals surface area contributed by atoms with E-state index in [1.165, 1.54) is 25.7 Å². The fourth-order valence-corrected chi connectivity index (χ4v) is 3.22. The van der Waals surface area contributed by atoms with Crippen LogP contribution in [0.15, 0.2) is 18.2 Å². The molecule has 1 heterocycles. The summed E-state index contributed by atoms with van der Waals surface area (Å²) in [7, 11) is 1.88. The first kappa shape index (κ1) is 14.2. The standard InChI is InChI=1S/C17H23NO3/c1-18(17(19)9-7-13-4-2-3-5-13)11-14-6-8-15-16(10-14)21-12-20-15/h6,8,10,13H,2-5,7,9,11-12H2,1H3. The summed E-state index contributed by atoms with van der Waals surface area (Å²) in [6.45, 7) is 0.912. The first-order valence-electron chi connectivity index (χ1n) is 7.85. The number of amides is 1. The van der Waals surface area contributed by atoms with E-state index in [0.717, 1.165) is 29.4 Å². The van der Waals surface area contributed by atoms with Gasteiger partial charge in [0.1, 0.15) is 0 Å². The second-order valence-electron chi connectivity index (χ2n) is 6.13. The lowest BCUT2D eigenvalue weighted by molar-refractivity contribution is -0.130. The van der Waals surface area contributed by atoms with Crippen LogP contribution in [0, 0.1) is 5.92 Å². The summed E-state index contributed by atoms with van der Waals surface area (Å²) < 4.78 is 10.7. The number of nitrogens with zero attached hydrogens (tertiary/aromatic N) is 1. The molecule has 0 saturated heterocycles. The molecule has 3 rings (SSSR count). The highest BCUT2D eigenvalue weighted by atomic mass is 16.7. The molecule has 0 atom stereocenters. The molecule has 1 aromatic rings. The maximum absolute atomic E-state index is 12.2. The number of carbonyl (C=O) groups is 1. The lowest BCUT2D eigenvalue weighted by Crippen LogP contribution is -2.26. The van der Waals surface area contributed by atoms with Crippen LogP contribution < -0.4 is 9.47 Å². The van der Waals surface area contributed by atoms with E-state index in [0.29, 0.717) is 13.0 Å². The SMILES string of the molecule is CN(Cc1ccc2c(c1)OCO2)C(=O)CCC1CCCC1. The molecule has 1 aromatic carbocycles. The van der Waals surface area contributed by atoms with Crippen LogP contribution in [-0.4, -0.2) is 24.6 Å². The number of hydrogen-bond acceptors (Lipinski definition) is 3. The Morgan fingerprint density at radius 1 is 1.24 bits per heavy atom. The van der Waals surface area contributed by atoms with Crippen molar-refractivity contribution in [1.82, 2.24) is 4.90 Å². The monoisotopic (exact) mass is 289 g/mol. The average Bonchev–Trinajstić information content (AvgIpc) is 3.15. The van der Waals surface area contributed by atoms with Crippen LogP contribution in [0.5, 0.6) is 11.5 Å². The zero-order valence-electron chi connectivity index (χ0n) is 12.6. The van der Waals surface area contributed by atoms with Crippen molar-refractivity contribution in [3.05, 3.63) is 23.8 Å². The van der Waals surface area contributed by atoms with E-state index in [2.05, 4.69) is 0 Å². The van der Waals surface area contributed by atoms with Crippen molar-refractivity contribution in [2.45, 2.75) is 45.1 Å². The van der Waals surface area contributed by atoms with Crippen LogP contribution >= 0.6 is 0 Å². The maximum atomic E-state index is 12.2. The predicted molar refractivity (Wildman–Crippen MR) is 80.2 cm³/mol. The molecular weight excluding hydrogens is 266 g/mol. The molecule has 4 heteroatoms. The third-order valence-corrected chi connectivity index (χ3v) is 4.52. The smallest absolute Gasteiger partial charge is 0.231 e. The molecule has 1 saturated carbocycles. The Kier molecular flexibility index (Phi) is 4.32. The van der Waals surface area contributed by atoms with Crippen LogP contribution in [-0.2, 0) is 11.3 Å². The summed E-state index contributed by atoms with van der Waals surface area (Å²) in [4.78, 5) is 14.0.